The summed E-state index contributed by atoms with van der Waals surface area (Å²) >= 11 is 1.58. The molecule has 9 heteroatoms. The lowest BCUT2D eigenvalue weighted by atomic mass is 9.99. The van der Waals surface area contributed by atoms with E-state index in [1.165, 1.54) is 0 Å². The summed E-state index contributed by atoms with van der Waals surface area (Å²) in [6.45, 7) is 4.59. The molecule has 3 heterocycles. The van der Waals surface area contributed by atoms with E-state index in [0.717, 1.165) is 64.4 Å². The summed E-state index contributed by atoms with van der Waals surface area (Å²) < 4.78 is 6.33. The predicted octanol–water partition coefficient (Wildman–Crippen LogP) is 4.28. The van der Waals surface area contributed by atoms with Gasteiger partial charge in [0, 0.05) is 40.5 Å². The summed E-state index contributed by atoms with van der Waals surface area (Å²) in [7, 11) is 0. The maximum Gasteiger partial charge on any atom is 0.248 e. The molecule has 1 amide bonds. The van der Waals surface area contributed by atoms with Crippen molar-refractivity contribution in [3.63, 3.8) is 0 Å². The molecule has 8 nitrogen and oxygen atoms in total. The Bertz CT molecular complexity index is 1320. The molecule has 0 radical (unpaired) electrons. The normalized spacial score (nSPS) is 14.3. The van der Waals surface area contributed by atoms with Crippen molar-refractivity contribution in [1.29, 1.82) is 0 Å². The molecule has 5 rings (SSSR count). The van der Waals surface area contributed by atoms with E-state index in [9.17, 15) is 4.79 Å². The van der Waals surface area contributed by atoms with E-state index in [-0.39, 0.29) is 0 Å². The molecule has 1 aliphatic heterocycles. The number of benzene rings is 2. The number of piperidine rings is 1. The molecule has 0 saturated carbocycles. The van der Waals surface area contributed by atoms with Gasteiger partial charge in [-0.05, 0) is 68.6 Å². The number of hydrogen-bond donors (Lipinski definition) is 3. The average Bonchev–Trinajstić information content (AvgIpc) is 3.37. The smallest absolute Gasteiger partial charge is 0.248 e. The van der Waals surface area contributed by atoms with Crippen LogP contribution in [-0.4, -0.2) is 40.6 Å². The van der Waals surface area contributed by atoms with E-state index in [2.05, 4.69) is 20.6 Å². The van der Waals surface area contributed by atoms with Crippen molar-refractivity contribution in [2.24, 2.45) is 11.7 Å². The quantitative estimate of drug-likeness (QED) is 0.366. The van der Waals surface area contributed by atoms with Crippen LogP contribution in [-0.2, 0) is 0 Å². The molecule has 4 aromatic rings. The highest BCUT2D eigenvalue weighted by Crippen LogP contribution is 2.35. The van der Waals surface area contributed by atoms with E-state index in [4.69, 9.17) is 15.5 Å². The molecule has 0 spiro atoms. The first kappa shape index (κ1) is 22.2. The predicted molar refractivity (Wildman–Crippen MR) is 135 cm³/mol. The van der Waals surface area contributed by atoms with Gasteiger partial charge in [0.2, 0.25) is 11.9 Å². The van der Waals surface area contributed by atoms with Crippen LogP contribution in [0.15, 0.2) is 48.1 Å². The summed E-state index contributed by atoms with van der Waals surface area (Å²) in [5, 5.41) is 10.4. The highest BCUT2D eigenvalue weighted by Gasteiger charge is 2.17. The zero-order valence-electron chi connectivity index (χ0n) is 18.9. The number of carbonyl (C=O) groups is 1. The molecule has 0 atom stereocenters. The van der Waals surface area contributed by atoms with Crippen molar-refractivity contribution in [2.75, 3.05) is 25.0 Å². The summed E-state index contributed by atoms with van der Waals surface area (Å²) in [5.41, 5.74) is 9.22. The zero-order valence-corrected chi connectivity index (χ0v) is 19.7. The molecule has 4 N–H and O–H groups in total. The number of primary amides is 1. The van der Waals surface area contributed by atoms with E-state index < -0.39 is 5.91 Å². The Morgan fingerprint density at radius 1 is 1.24 bits per heavy atom. The maximum atomic E-state index is 11.5. The van der Waals surface area contributed by atoms with Crippen molar-refractivity contribution >= 4 is 39.8 Å². The van der Waals surface area contributed by atoms with Gasteiger partial charge in [0.05, 0.1) is 17.7 Å². The van der Waals surface area contributed by atoms with E-state index in [1.807, 2.05) is 30.5 Å². The molecule has 1 fully saturated rings. The fourth-order valence-electron chi connectivity index (χ4n) is 4.17. The number of rotatable bonds is 7. The van der Waals surface area contributed by atoms with Crippen molar-refractivity contribution in [3.8, 4) is 16.3 Å². The molecule has 2 aromatic heterocycles. The molecular weight excluding hydrogens is 448 g/mol. The first-order valence-electron chi connectivity index (χ1n) is 11.3. The number of hydrogen-bond acceptors (Lipinski definition) is 8. The number of thiazole rings is 1. The minimum absolute atomic E-state index is 0.445. The lowest BCUT2D eigenvalue weighted by Gasteiger charge is -2.23. The summed E-state index contributed by atoms with van der Waals surface area (Å²) in [5.74, 6) is 1.34. The number of nitrogens with zero attached hydrogens (tertiary/aromatic N) is 3. The Labute approximate surface area is 201 Å². The summed E-state index contributed by atoms with van der Waals surface area (Å²) in [6, 6.07) is 9.36. The zero-order chi connectivity index (χ0) is 23.5. The monoisotopic (exact) mass is 474 g/mol. The number of nitrogens with one attached hydrogen (secondary N) is 2. The number of anilines is 2. The summed E-state index contributed by atoms with van der Waals surface area (Å²) in [4.78, 5) is 25.2. The van der Waals surface area contributed by atoms with Gasteiger partial charge in [-0.25, -0.2) is 15.0 Å². The number of ether oxygens (including phenoxy) is 1. The number of aryl methyl sites for hydroxylation is 1. The average molecular weight is 475 g/mol. The van der Waals surface area contributed by atoms with Gasteiger partial charge in [-0.1, -0.05) is 0 Å². The fraction of sp³-hybridized carbons (Fsp3) is 0.280. The maximum absolute atomic E-state index is 11.5. The van der Waals surface area contributed by atoms with Crippen molar-refractivity contribution < 1.29 is 9.53 Å². The standard InChI is InChI=1S/C25H26N6O2S/c1-15-10-18(2-3-19(15)23(26)32)30-25-29-13-17-11-20(24-28-8-9-34-24)22(12-21(17)31-25)33-14-16-4-6-27-7-5-16/h2-3,8-13,16,27H,4-7,14H2,1H3,(H2,26,32)(H,29,30,31). The Morgan fingerprint density at radius 2 is 2.09 bits per heavy atom. The first-order valence-corrected chi connectivity index (χ1v) is 12.2. The van der Waals surface area contributed by atoms with E-state index in [1.54, 1.807) is 35.9 Å². The number of carbonyl (C=O) groups excluding carboxylic acids is 1. The molecule has 0 bridgehead atoms. The van der Waals surface area contributed by atoms with Gasteiger partial charge in [-0.3, -0.25) is 4.79 Å². The van der Waals surface area contributed by atoms with Gasteiger partial charge >= 0.3 is 0 Å². The number of aromatic nitrogens is 3. The van der Waals surface area contributed by atoms with Crippen LogP contribution in [0.3, 0.4) is 0 Å². The van der Waals surface area contributed by atoms with Crippen LogP contribution in [0.2, 0.25) is 0 Å². The van der Waals surface area contributed by atoms with Gasteiger partial charge in [-0.2, -0.15) is 0 Å². The Hall–Kier alpha value is -3.56. The molecule has 1 saturated heterocycles. The number of fused-ring (bicyclic) bond motifs is 1. The van der Waals surface area contributed by atoms with Gasteiger partial charge in [0.1, 0.15) is 10.8 Å². The van der Waals surface area contributed by atoms with E-state index in [0.29, 0.717) is 24.0 Å². The Balaban J connectivity index is 1.44. The minimum atomic E-state index is -0.445. The van der Waals surface area contributed by atoms with Crippen LogP contribution in [0.25, 0.3) is 21.5 Å². The highest BCUT2D eigenvalue weighted by atomic mass is 32.1. The topological polar surface area (TPSA) is 115 Å². The Morgan fingerprint density at radius 3 is 2.82 bits per heavy atom. The lowest BCUT2D eigenvalue weighted by molar-refractivity contribution is 0.0999. The molecule has 174 valence electrons. The third-order valence-corrected chi connectivity index (χ3v) is 6.83. The van der Waals surface area contributed by atoms with Crippen LogP contribution in [0, 0.1) is 12.8 Å². The second kappa shape index (κ2) is 9.74. The van der Waals surface area contributed by atoms with Gasteiger partial charge in [0.15, 0.2) is 0 Å². The largest absolute Gasteiger partial charge is 0.492 e. The third-order valence-electron chi connectivity index (χ3n) is 6.03. The summed E-state index contributed by atoms with van der Waals surface area (Å²) in [6.07, 6.45) is 5.83. The second-order valence-electron chi connectivity index (χ2n) is 8.46. The van der Waals surface area contributed by atoms with Crippen molar-refractivity contribution in [2.45, 2.75) is 19.8 Å². The number of amides is 1. The first-order chi connectivity index (χ1) is 16.6. The fourth-order valence-corrected chi connectivity index (χ4v) is 4.82. The number of nitrogens with two attached hydrogens (primary N) is 1. The van der Waals surface area contributed by atoms with Crippen LogP contribution in [0.1, 0.15) is 28.8 Å². The second-order valence-corrected chi connectivity index (χ2v) is 9.36. The molecule has 2 aromatic carbocycles. The van der Waals surface area contributed by atoms with Crippen LogP contribution >= 0.6 is 11.3 Å². The molecule has 34 heavy (non-hydrogen) atoms. The van der Waals surface area contributed by atoms with Crippen LogP contribution in [0.4, 0.5) is 11.6 Å². The molecule has 1 aliphatic rings. The van der Waals surface area contributed by atoms with E-state index >= 15 is 0 Å². The third kappa shape index (κ3) is 4.85. The van der Waals surface area contributed by atoms with Gasteiger partial charge in [0.25, 0.3) is 0 Å². The minimum Gasteiger partial charge on any atom is -0.492 e. The lowest BCUT2D eigenvalue weighted by Crippen LogP contribution is -2.30. The molecule has 0 unspecified atom stereocenters. The Kier molecular flexibility index (Phi) is 6.37. The molecular formula is C25H26N6O2S. The van der Waals surface area contributed by atoms with Gasteiger partial charge in [-0.15, -0.1) is 11.3 Å². The van der Waals surface area contributed by atoms with Crippen LogP contribution in [0.5, 0.6) is 5.75 Å². The van der Waals surface area contributed by atoms with Crippen LogP contribution < -0.4 is 21.1 Å². The van der Waals surface area contributed by atoms with Gasteiger partial charge < -0.3 is 21.1 Å². The van der Waals surface area contributed by atoms with Crippen molar-refractivity contribution in [1.82, 2.24) is 20.3 Å². The molecule has 0 aliphatic carbocycles. The SMILES string of the molecule is Cc1cc(Nc2ncc3cc(-c4nccs4)c(OCC4CCNCC4)cc3n2)ccc1C(N)=O. The highest BCUT2D eigenvalue weighted by molar-refractivity contribution is 7.13. The van der Waals surface area contributed by atoms with Crippen molar-refractivity contribution in [3.05, 3.63) is 59.2 Å².